The van der Waals surface area contributed by atoms with Gasteiger partial charge in [-0.3, -0.25) is 14.5 Å². The number of esters is 1. The van der Waals surface area contributed by atoms with Crippen molar-refractivity contribution in [2.75, 3.05) is 23.7 Å². The maximum atomic E-state index is 15.7. The number of ether oxygens (including phenoxy) is 1. The molecule has 0 aromatic heterocycles. The minimum atomic E-state index is -1.52. The summed E-state index contributed by atoms with van der Waals surface area (Å²) in [5.41, 5.74) is 2.53. The molecule has 0 unspecified atom stereocenters. The van der Waals surface area contributed by atoms with Crippen LogP contribution in [0, 0.1) is 0 Å². The molecule has 0 saturated heterocycles. The Bertz CT molecular complexity index is 1940. The van der Waals surface area contributed by atoms with Gasteiger partial charge in [-0.25, -0.2) is 4.99 Å². The van der Waals surface area contributed by atoms with E-state index in [0.717, 1.165) is 22.5 Å². The van der Waals surface area contributed by atoms with Gasteiger partial charge in [0.15, 0.2) is 5.54 Å². The van der Waals surface area contributed by atoms with E-state index in [9.17, 15) is 4.79 Å². The molecular formula is C43H42N4O3. The second-order valence-electron chi connectivity index (χ2n) is 13.2. The van der Waals surface area contributed by atoms with Crippen LogP contribution in [0.15, 0.2) is 163 Å². The summed E-state index contributed by atoms with van der Waals surface area (Å²) in [6, 6.07) is 49.0. The highest BCUT2D eigenvalue weighted by molar-refractivity contribution is 6.05. The van der Waals surface area contributed by atoms with Crippen LogP contribution in [0.25, 0.3) is 5.70 Å². The van der Waals surface area contributed by atoms with Crippen LogP contribution in [0.1, 0.15) is 43.4 Å². The highest BCUT2D eigenvalue weighted by Crippen LogP contribution is 2.49. The molecule has 5 aromatic carbocycles. The molecule has 252 valence electrons. The summed E-state index contributed by atoms with van der Waals surface area (Å²) in [4.78, 5) is 36.3. The monoisotopic (exact) mass is 662 g/mol. The summed E-state index contributed by atoms with van der Waals surface area (Å²) < 4.78 is 5.79. The molecule has 0 fully saturated rings. The van der Waals surface area contributed by atoms with Gasteiger partial charge in [0, 0.05) is 23.0 Å². The lowest BCUT2D eigenvalue weighted by Crippen LogP contribution is -2.54. The van der Waals surface area contributed by atoms with Crippen molar-refractivity contribution in [2.45, 2.75) is 37.8 Å². The van der Waals surface area contributed by atoms with Crippen molar-refractivity contribution in [3.63, 3.8) is 0 Å². The zero-order valence-corrected chi connectivity index (χ0v) is 28.6. The molecule has 2 atom stereocenters. The van der Waals surface area contributed by atoms with E-state index >= 15 is 4.79 Å². The van der Waals surface area contributed by atoms with Crippen LogP contribution in [-0.4, -0.2) is 41.3 Å². The number of anilines is 2. The van der Waals surface area contributed by atoms with Gasteiger partial charge in [0.05, 0.1) is 6.54 Å². The molecule has 2 N–H and O–H groups in total. The van der Waals surface area contributed by atoms with Crippen molar-refractivity contribution in [1.82, 2.24) is 4.90 Å². The number of hydrogen-bond acceptors (Lipinski definition) is 5. The van der Waals surface area contributed by atoms with Crippen molar-refractivity contribution in [1.29, 1.82) is 0 Å². The first kappa shape index (κ1) is 33.9. The predicted molar refractivity (Wildman–Crippen MR) is 202 cm³/mol. The molecule has 1 amide bonds. The Morgan fingerprint density at radius 1 is 0.740 bits per heavy atom. The van der Waals surface area contributed by atoms with Crippen LogP contribution in [0.5, 0.6) is 0 Å². The third-order valence-corrected chi connectivity index (χ3v) is 8.39. The van der Waals surface area contributed by atoms with E-state index in [1.165, 1.54) is 0 Å². The molecular weight excluding hydrogens is 620 g/mol. The van der Waals surface area contributed by atoms with Crippen molar-refractivity contribution in [3.8, 4) is 0 Å². The van der Waals surface area contributed by atoms with E-state index in [-0.39, 0.29) is 12.5 Å². The number of benzene rings is 5. The zero-order valence-electron chi connectivity index (χ0n) is 28.6. The molecule has 1 heterocycles. The van der Waals surface area contributed by atoms with Crippen LogP contribution >= 0.6 is 0 Å². The number of nitrogens with zero attached hydrogens (tertiary/aromatic N) is 2. The fraction of sp³-hybridized carbons (Fsp3) is 0.186. The van der Waals surface area contributed by atoms with Crippen LogP contribution in [0.4, 0.5) is 11.4 Å². The Labute approximate surface area is 294 Å². The normalized spacial score (nSPS) is 17.9. The van der Waals surface area contributed by atoms with Gasteiger partial charge in [-0.15, -0.1) is 0 Å². The third-order valence-electron chi connectivity index (χ3n) is 8.39. The first-order valence-corrected chi connectivity index (χ1v) is 16.8. The second kappa shape index (κ2) is 15.1. The molecule has 1 aliphatic heterocycles. The first-order valence-electron chi connectivity index (χ1n) is 16.8. The molecule has 0 aliphatic carbocycles. The van der Waals surface area contributed by atoms with Gasteiger partial charge in [0.25, 0.3) is 5.91 Å². The standard InChI is InChI=1S/C43H42N4O3/c1-42(2,3)50-40(48)31-47-38(33-21-11-5-12-22-33)29-37(32-19-9-4-10-20-32)43(41(47)49,34-23-13-6-14-24-34)46-39(45-36-27-17-8-18-28-36)30-44-35-25-15-7-16-26-35/h4-29,37,44H,30-31H2,1-3H3,(H,45,46)/t37-,43+/m0/s1. The molecule has 7 nitrogen and oxygen atoms in total. The van der Waals surface area contributed by atoms with Crippen molar-refractivity contribution in [2.24, 2.45) is 4.99 Å². The SMILES string of the molecule is CC(C)(C)OC(=O)CN1C(=O)[C@@](N=C(CNc2ccccc2)Nc2ccccc2)(c2ccccc2)[C@H](c2ccccc2)C=C1c1ccccc1. The van der Waals surface area contributed by atoms with Crippen LogP contribution in [0.3, 0.4) is 0 Å². The summed E-state index contributed by atoms with van der Waals surface area (Å²) in [6.45, 7) is 5.47. The lowest BCUT2D eigenvalue weighted by molar-refractivity contribution is -0.158. The number of aliphatic imine (C=N–C) groups is 1. The number of amidine groups is 1. The van der Waals surface area contributed by atoms with E-state index in [2.05, 4.69) is 16.7 Å². The molecule has 0 spiro atoms. The number of carbonyl (C=O) groups is 2. The van der Waals surface area contributed by atoms with E-state index in [1.54, 1.807) is 4.90 Å². The van der Waals surface area contributed by atoms with Crippen LogP contribution < -0.4 is 10.6 Å². The Morgan fingerprint density at radius 2 is 1.26 bits per heavy atom. The van der Waals surface area contributed by atoms with Gasteiger partial charge in [-0.2, -0.15) is 0 Å². The van der Waals surface area contributed by atoms with Crippen LogP contribution in [0.2, 0.25) is 0 Å². The maximum Gasteiger partial charge on any atom is 0.326 e. The molecule has 0 radical (unpaired) electrons. The third kappa shape index (κ3) is 7.84. The smallest absolute Gasteiger partial charge is 0.326 e. The molecule has 5 aromatic rings. The van der Waals surface area contributed by atoms with Crippen molar-refractivity contribution >= 4 is 34.8 Å². The molecule has 0 saturated carbocycles. The van der Waals surface area contributed by atoms with Crippen LogP contribution in [-0.2, 0) is 19.9 Å². The summed E-state index contributed by atoms with van der Waals surface area (Å²) in [6.07, 6.45) is 2.08. The topological polar surface area (TPSA) is 83.0 Å². The molecule has 1 aliphatic rings. The highest BCUT2D eigenvalue weighted by Gasteiger charge is 2.54. The minimum absolute atomic E-state index is 0.286. The largest absolute Gasteiger partial charge is 0.459 e. The van der Waals surface area contributed by atoms with Gasteiger partial charge in [0.1, 0.15) is 18.0 Å². The van der Waals surface area contributed by atoms with Gasteiger partial charge >= 0.3 is 5.97 Å². The minimum Gasteiger partial charge on any atom is -0.459 e. The molecule has 6 rings (SSSR count). The van der Waals surface area contributed by atoms with Gasteiger partial charge in [-0.05, 0) is 67.8 Å². The van der Waals surface area contributed by atoms with Crippen molar-refractivity contribution in [3.05, 3.63) is 174 Å². The zero-order chi connectivity index (χ0) is 35.0. The second-order valence-corrected chi connectivity index (χ2v) is 13.2. The van der Waals surface area contributed by atoms with Gasteiger partial charge < -0.3 is 15.4 Å². The summed E-state index contributed by atoms with van der Waals surface area (Å²) in [5, 5.41) is 7.01. The summed E-state index contributed by atoms with van der Waals surface area (Å²) >= 11 is 0. The lowest BCUT2D eigenvalue weighted by atomic mass is 9.70. The average molecular weight is 663 g/mol. The number of carbonyl (C=O) groups excluding carboxylic acids is 2. The van der Waals surface area contributed by atoms with Gasteiger partial charge in [0.2, 0.25) is 0 Å². The Morgan fingerprint density at radius 3 is 1.84 bits per heavy atom. The Balaban J connectivity index is 1.61. The quantitative estimate of drug-likeness (QED) is 0.0890. The number of amides is 1. The molecule has 50 heavy (non-hydrogen) atoms. The Kier molecular flexibility index (Phi) is 10.2. The number of rotatable bonds is 10. The maximum absolute atomic E-state index is 15.7. The van der Waals surface area contributed by atoms with Crippen molar-refractivity contribution < 1.29 is 14.3 Å². The first-order chi connectivity index (χ1) is 24.2. The predicted octanol–water partition coefficient (Wildman–Crippen LogP) is 8.51. The average Bonchev–Trinajstić information content (AvgIpc) is 3.13. The highest BCUT2D eigenvalue weighted by atomic mass is 16.6. The van der Waals surface area contributed by atoms with E-state index in [1.807, 2.05) is 172 Å². The number of nitrogens with one attached hydrogen (secondary N) is 2. The van der Waals surface area contributed by atoms with E-state index < -0.39 is 23.0 Å². The van der Waals surface area contributed by atoms with E-state index in [4.69, 9.17) is 9.73 Å². The molecule has 0 bridgehead atoms. The van der Waals surface area contributed by atoms with Gasteiger partial charge in [-0.1, -0.05) is 127 Å². The number of hydrogen-bond donors (Lipinski definition) is 2. The molecule has 7 heteroatoms. The Hall–Kier alpha value is -5.95. The fourth-order valence-corrected chi connectivity index (χ4v) is 6.27. The fourth-order valence-electron chi connectivity index (χ4n) is 6.27. The number of para-hydroxylation sites is 2. The summed E-state index contributed by atoms with van der Waals surface area (Å²) in [5.74, 6) is -0.845. The summed E-state index contributed by atoms with van der Waals surface area (Å²) in [7, 11) is 0. The van der Waals surface area contributed by atoms with E-state index in [0.29, 0.717) is 23.6 Å². The lowest BCUT2D eigenvalue weighted by Gasteiger charge is -2.44.